The second kappa shape index (κ2) is 5.98. The zero-order valence-electron chi connectivity index (χ0n) is 11.9. The van der Waals surface area contributed by atoms with Crippen LogP contribution in [-0.2, 0) is 0 Å². The number of carbonyl (C=O) groups is 1. The smallest absolute Gasteiger partial charge is 0.319 e. The number of hydrogen-bond donors (Lipinski definition) is 3. The maximum absolute atomic E-state index is 11.8. The molecule has 0 radical (unpaired) electrons. The summed E-state index contributed by atoms with van der Waals surface area (Å²) >= 11 is 6.11. The molecule has 3 N–H and O–H groups in total. The minimum absolute atomic E-state index is 0.109. The molecule has 0 atom stereocenters. The van der Waals surface area contributed by atoms with Crippen LogP contribution in [0.3, 0.4) is 0 Å². The molecule has 0 bridgehead atoms. The van der Waals surface area contributed by atoms with Gasteiger partial charge in [0.25, 0.3) is 0 Å². The van der Waals surface area contributed by atoms with E-state index >= 15 is 0 Å². The van der Waals surface area contributed by atoms with Crippen LogP contribution in [0.4, 0.5) is 10.5 Å². The monoisotopic (exact) mass is 320 g/mol. The van der Waals surface area contributed by atoms with Crippen LogP contribution in [0.1, 0.15) is 12.8 Å². The molecule has 7 heteroatoms. The van der Waals surface area contributed by atoms with Crippen LogP contribution in [-0.4, -0.2) is 34.1 Å². The minimum atomic E-state index is -0.307. The molecule has 1 fully saturated rings. The number of aliphatic hydroxyl groups is 1. The Labute approximate surface area is 133 Å². The van der Waals surface area contributed by atoms with Crippen molar-refractivity contribution in [3.63, 3.8) is 0 Å². The van der Waals surface area contributed by atoms with Crippen LogP contribution >= 0.6 is 11.6 Å². The summed E-state index contributed by atoms with van der Waals surface area (Å²) < 4.78 is 1.61. The highest BCUT2D eigenvalue weighted by Gasteiger charge is 2.42. The van der Waals surface area contributed by atoms with E-state index in [2.05, 4.69) is 15.7 Å². The molecule has 116 valence electrons. The zero-order valence-corrected chi connectivity index (χ0v) is 12.7. The summed E-state index contributed by atoms with van der Waals surface area (Å²) in [4.78, 5) is 11.8. The van der Waals surface area contributed by atoms with Gasteiger partial charge < -0.3 is 15.7 Å². The molecule has 1 heterocycles. The molecule has 1 aliphatic rings. The van der Waals surface area contributed by atoms with Gasteiger partial charge in [-0.15, -0.1) is 0 Å². The number of halogens is 1. The van der Waals surface area contributed by atoms with Crippen molar-refractivity contribution in [3.05, 3.63) is 41.7 Å². The number of hydrogen-bond acceptors (Lipinski definition) is 3. The van der Waals surface area contributed by atoms with Gasteiger partial charge in [0.2, 0.25) is 0 Å². The standard InChI is InChI=1S/C15H17ClN4O2/c16-12-3-1-2-4-13(12)20-8-11(7-18-20)19-14(22)17-9-15(10-21)5-6-15/h1-4,7-8,21H,5-6,9-10H2,(H2,17,19,22). The van der Waals surface area contributed by atoms with E-state index in [4.69, 9.17) is 11.6 Å². The van der Waals surface area contributed by atoms with E-state index < -0.39 is 0 Å². The molecule has 2 amide bonds. The maximum Gasteiger partial charge on any atom is 0.319 e. The van der Waals surface area contributed by atoms with Crippen molar-refractivity contribution in [2.24, 2.45) is 5.41 Å². The number of urea groups is 1. The first-order valence-electron chi connectivity index (χ1n) is 7.07. The number of aromatic nitrogens is 2. The molecule has 6 nitrogen and oxygen atoms in total. The number of para-hydroxylation sites is 1. The Kier molecular flexibility index (Phi) is 4.04. The lowest BCUT2D eigenvalue weighted by Crippen LogP contribution is -2.34. The van der Waals surface area contributed by atoms with Gasteiger partial charge in [0.05, 0.1) is 35.4 Å². The predicted octanol–water partition coefficient (Wildman–Crippen LogP) is 2.42. The number of amides is 2. The van der Waals surface area contributed by atoms with Crippen LogP contribution in [0.2, 0.25) is 5.02 Å². The Morgan fingerprint density at radius 3 is 2.86 bits per heavy atom. The number of nitrogens with zero attached hydrogens (tertiary/aromatic N) is 2. The number of anilines is 1. The second-order valence-electron chi connectivity index (χ2n) is 5.59. The van der Waals surface area contributed by atoms with E-state index in [0.717, 1.165) is 18.5 Å². The highest BCUT2D eigenvalue weighted by Crippen LogP contribution is 2.44. The summed E-state index contributed by atoms with van der Waals surface area (Å²) in [5.41, 5.74) is 1.21. The van der Waals surface area contributed by atoms with Crippen molar-refractivity contribution in [2.45, 2.75) is 12.8 Å². The lowest BCUT2D eigenvalue weighted by Gasteiger charge is -2.12. The minimum Gasteiger partial charge on any atom is -0.396 e. The molecular weight excluding hydrogens is 304 g/mol. The van der Waals surface area contributed by atoms with Crippen molar-refractivity contribution in [2.75, 3.05) is 18.5 Å². The molecular formula is C15H17ClN4O2. The fraction of sp³-hybridized carbons (Fsp3) is 0.333. The van der Waals surface area contributed by atoms with Crippen LogP contribution < -0.4 is 10.6 Å². The Morgan fingerprint density at radius 2 is 2.18 bits per heavy atom. The molecule has 0 spiro atoms. The van der Waals surface area contributed by atoms with E-state index in [0.29, 0.717) is 17.3 Å². The Hall–Kier alpha value is -2.05. The molecule has 0 saturated heterocycles. The summed E-state index contributed by atoms with van der Waals surface area (Å²) in [6.07, 6.45) is 5.16. The van der Waals surface area contributed by atoms with Crippen molar-refractivity contribution in [1.82, 2.24) is 15.1 Å². The van der Waals surface area contributed by atoms with Crippen molar-refractivity contribution in [3.8, 4) is 5.69 Å². The van der Waals surface area contributed by atoms with Crippen LogP contribution in [0, 0.1) is 5.41 Å². The molecule has 22 heavy (non-hydrogen) atoms. The normalized spacial score (nSPS) is 15.4. The summed E-state index contributed by atoms with van der Waals surface area (Å²) in [7, 11) is 0. The first-order chi connectivity index (χ1) is 10.6. The number of nitrogens with one attached hydrogen (secondary N) is 2. The summed E-state index contributed by atoms with van der Waals surface area (Å²) in [6.45, 7) is 0.589. The van der Waals surface area contributed by atoms with Crippen LogP contribution in [0.25, 0.3) is 5.69 Å². The Balaban J connectivity index is 1.60. The molecule has 2 aromatic rings. The van der Waals surface area contributed by atoms with E-state index in [1.54, 1.807) is 23.1 Å². The quantitative estimate of drug-likeness (QED) is 0.791. The van der Waals surface area contributed by atoms with Gasteiger partial charge >= 0.3 is 6.03 Å². The van der Waals surface area contributed by atoms with Gasteiger partial charge in [-0.3, -0.25) is 0 Å². The molecule has 0 aliphatic heterocycles. The molecule has 0 unspecified atom stereocenters. The molecule has 1 saturated carbocycles. The number of rotatable bonds is 5. The van der Waals surface area contributed by atoms with Crippen molar-refractivity contribution >= 4 is 23.3 Å². The maximum atomic E-state index is 11.8. The fourth-order valence-electron chi connectivity index (χ4n) is 2.17. The Bertz CT molecular complexity index is 682. The SMILES string of the molecule is O=C(NCC1(CO)CC1)Nc1cnn(-c2ccccc2Cl)c1. The molecule has 3 rings (SSSR count). The van der Waals surface area contributed by atoms with Gasteiger partial charge in [-0.1, -0.05) is 23.7 Å². The van der Waals surface area contributed by atoms with Crippen LogP contribution in [0.5, 0.6) is 0 Å². The largest absolute Gasteiger partial charge is 0.396 e. The average molecular weight is 321 g/mol. The molecule has 1 aromatic carbocycles. The van der Waals surface area contributed by atoms with Gasteiger partial charge in [-0.05, 0) is 25.0 Å². The average Bonchev–Trinajstić information content (AvgIpc) is 3.17. The highest BCUT2D eigenvalue weighted by atomic mass is 35.5. The van der Waals surface area contributed by atoms with Gasteiger partial charge in [0.15, 0.2) is 0 Å². The summed E-state index contributed by atoms with van der Waals surface area (Å²) in [5, 5.41) is 19.5. The Morgan fingerprint density at radius 1 is 1.41 bits per heavy atom. The van der Waals surface area contributed by atoms with Gasteiger partial charge in [-0.25, -0.2) is 9.48 Å². The third kappa shape index (κ3) is 3.23. The van der Waals surface area contributed by atoms with Gasteiger partial charge in [0, 0.05) is 12.0 Å². The lowest BCUT2D eigenvalue weighted by molar-refractivity contribution is 0.206. The van der Waals surface area contributed by atoms with Crippen LogP contribution in [0.15, 0.2) is 36.7 Å². The number of carbonyl (C=O) groups excluding carboxylic acids is 1. The van der Waals surface area contributed by atoms with Gasteiger partial charge in [-0.2, -0.15) is 5.10 Å². The highest BCUT2D eigenvalue weighted by molar-refractivity contribution is 6.32. The topological polar surface area (TPSA) is 79.2 Å². The molecule has 1 aliphatic carbocycles. The third-order valence-corrected chi connectivity index (χ3v) is 4.18. The first-order valence-corrected chi connectivity index (χ1v) is 7.45. The van der Waals surface area contributed by atoms with E-state index in [9.17, 15) is 9.90 Å². The van der Waals surface area contributed by atoms with E-state index in [-0.39, 0.29) is 18.1 Å². The summed E-state index contributed by atoms with van der Waals surface area (Å²) in [6, 6.07) is 7.03. The van der Waals surface area contributed by atoms with Crippen molar-refractivity contribution < 1.29 is 9.90 Å². The third-order valence-electron chi connectivity index (χ3n) is 3.86. The second-order valence-corrected chi connectivity index (χ2v) is 6.00. The number of benzene rings is 1. The van der Waals surface area contributed by atoms with Crippen molar-refractivity contribution in [1.29, 1.82) is 0 Å². The predicted molar refractivity (Wildman–Crippen MR) is 84.3 cm³/mol. The van der Waals surface area contributed by atoms with E-state index in [1.165, 1.54) is 0 Å². The summed E-state index contributed by atoms with van der Waals surface area (Å²) in [5.74, 6) is 0. The fourth-order valence-corrected chi connectivity index (χ4v) is 2.39. The first kappa shape index (κ1) is 14.9. The van der Waals surface area contributed by atoms with Gasteiger partial charge in [0.1, 0.15) is 0 Å². The zero-order chi connectivity index (χ0) is 15.6. The number of aliphatic hydroxyl groups excluding tert-OH is 1. The molecule has 1 aromatic heterocycles. The van der Waals surface area contributed by atoms with E-state index in [1.807, 2.05) is 18.2 Å². The lowest BCUT2D eigenvalue weighted by atomic mass is 10.1.